The molecule has 1 aliphatic rings. The Balaban J connectivity index is 2.07. The van der Waals surface area contributed by atoms with E-state index in [1.54, 1.807) is 18.5 Å². The Hall–Kier alpha value is -1.28. The molecule has 1 heterocycles. The molecule has 112 valence electrons. The number of nitrogens with zero attached hydrogens (tertiary/aromatic N) is 2. The zero-order valence-electron chi connectivity index (χ0n) is 11.8. The number of likely N-dealkylation sites (N-methyl/N-ethyl adjacent to an activating group) is 1. The summed E-state index contributed by atoms with van der Waals surface area (Å²) in [6.07, 6.45) is 2.45. The molecule has 0 aliphatic heterocycles. The molecule has 2 unspecified atom stereocenters. The Morgan fingerprint density at radius 3 is 2.85 bits per heavy atom. The minimum Gasteiger partial charge on any atom is -0.480 e. The van der Waals surface area contributed by atoms with Crippen LogP contribution in [0.2, 0.25) is 0 Å². The van der Waals surface area contributed by atoms with E-state index in [9.17, 15) is 14.7 Å². The van der Waals surface area contributed by atoms with E-state index in [0.29, 0.717) is 11.6 Å². The van der Waals surface area contributed by atoms with E-state index in [1.165, 1.54) is 11.8 Å². The Morgan fingerprint density at radius 2 is 2.35 bits per heavy atom. The fourth-order valence-electron chi connectivity index (χ4n) is 2.12. The van der Waals surface area contributed by atoms with Crippen molar-refractivity contribution in [2.45, 2.75) is 55.1 Å². The number of aromatic amines is 1. The molecule has 0 aromatic carbocycles. The van der Waals surface area contributed by atoms with Gasteiger partial charge in [0.25, 0.3) is 0 Å². The average Bonchev–Trinajstić information content (AvgIpc) is 3.14. The first-order valence-corrected chi connectivity index (χ1v) is 7.51. The number of aliphatic carboxylic acids is 1. The molecule has 1 fully saturated rings. The van der Waals surface area contributed by atoms with Crippen molar-refractivity contribution in [3.05, 3.63) is 10.5 Å². The first kappa shape index (κ1) is 15.1. The fraction of sp³-hybridized carbons (Fsp3) is 0.750. The van der Waals surface area contributed by atoms with E-state index in [-0.39, 0.29) is 17.0 Å². The molecule has 0 bridgehead atoms. The van der Waals surface area contributed by atoms with Crippen molar-refractivity contribution in [1.29, 1.82) is 0 Å². The third kappa shape index (κ3) is 3.06. The molecule has 0 radical (unpaired) electrons. The number of carboxylic acid groups (broad SMARTS) is 1. The number of hydrogen-bond acceptors (Lipinski definition) is 5. The van der Waals surface area contributed by atoms with Crippen LogP contribution in [0.25, 0.3) is 0 Å². The van der Waals surface area contributed by atoms with Crippen molar-refractivity contribution < 1.29 is 9.90 Å². The summed E-state index contributed by atoms with van der Waals surface area (Å²) in [7, 11) is 1.64. The number of thioether (sulfide) groups is 1. The smallest absolute Gasteiger partial charge is 0.344 e. The largest absolute Gasteiger partial charge is 0.480 e. The lowest BCUT2D eigenvalue weighted by molar-refractivity contribution is -0.144. The lowest BCUT2D eigenvalue weighted by Crippen LogP contribution is -2.49. The van der Waals surface area contributed by atoms with Gasteiger partial charge in [-0.3, -0.25) is 9.36 Å². The summed E-state index contributed by atoms with van der Waals surface area (Å²) in [6, 6.07) is 0.256. The first-order valence-electron chi connectivity index (χ1n) is 6.63. The average molecular weight is 300 g/mol. The van der Waals surface area contributed by atoms with Gasteiger partial charge in [-0.05, 0) is 33.2 Å². The van der Waals surface area contributed by atoms with Crippen LogP contribution >= 0.6 is 11.8 Å². The summed E-state index contributed by atoms with van der Waals surface area (Å²) in [5, 5.41) is 19.3. The van der Waals surface area contributed by atoms with Gasteiger partial charge in [0.05, 0.1) is 0 Å². The van der Waals surface area contributed by atoms with Gasteiger partial charge in [0.2, 0.25) is 0 Å². The van der Waals surface area contributed by atoms with Crippen molar-refractivity contribution in [2.24, 2.45) is 0 Å². The zero-order chi connectivity index (χ0) is 14.9. The normalized spacial score (nSPS) is 19.6. The second-order valence-electron chi connectivity index (χ2n) is 5.43. The molecule has 0 spiro atoms. The van der Waals surface area contributed by atoms with Crippen molar-refractivity contribution in [3.63, 3.8) is 0 Å². The van der Waals surface area contributed by atoms with Gasteiger partial charge < -0.3 is 10.4 Å². The van der Waals surface area contributed by atoms with Crippen LogP contribution in [-0.4, -0.2) is 43.7 Å². The number of nitrogens with one attached hydrogen (secondary N) is 2. The van der Waals surface area contributed by atoms with E-state index in [2.05, 4.69) is 15.5 Å². The van der Waals surface area contributed by atoms with Gasteiger partial charge in [-0.1, -0.05) is 18.7 Å². The summed E-state index contributed by atoms with van der Waals surface area (Å²) in [5.41, 5.74) is -1.16. The monoisotopic (exact) mass is 300 g/mol. The van der Waals surface area contributed by atoms with Gasteiger partial charge in [0.15, 0.2) is 5.16 Å². The van der Waals surface area contributed by atoms with Gasteiger partial charge >= 0.3 is 11.7 Å². The van der Waals surface area contributed by atoms with Gasteiger partial charge in [-0.25, -0.2) is 9.89 Å². The standard InChI is InChI=1S/C12H20N4O3S/c1-7(6-12(2,13-3)9(17)18)20-11-15-14-10(19)16(11)8-4-5-8/h7-8,13H,4-6H2,1-3H3,(H,14,19)(H,17,18). The Morgan fingerprint density at radius 1 is 1.70 bits per heavy atom. The molecule has 1 aliphatic carbocycles. The number of carboxylic acids is 1. The van der Waals surface area contributed by atoms with E-state index >= 15 is 0 Å². The Bertz CT molecular complexity index is 551. The van der Waals surface area contributed by atoms with Crippen LogP contribution in [0, 0.1) is 0 Å². The summed E-state index contributed by atoms with van der Waals surface area (Å²) in [5.74, 6) is -0.880. The first-order chi connectivity index (χ1) is 9.37. The maximum absolute atomic E-state index is 11.7. The highest BCUT2D eigenvalue weighted by atomic mass is 32.2. The van der Waals surface area contributed by atoms with Crippen LogP contribution in [0.5, 0.6) is 0 Å². The highest BCUT2D eigenvalue weighted by molar-refractivity contribution is 7.99. The van der Waals surface area contributed by atoms with Crippen LogP contribution in [0.1, 0.15) is 39.2 Å². The van der Waals surface area contributed by atoms with Crippen molar-refractivity contribution >= 4 is 17.7 Å². The quantitative estimate of drug-likeness (QED) is 0.645. The zero-order valence-corrected chi connectivity index (χ0v) is 12.7. The van der Waals surface area contributed by atoms with E-state index in [0.717, 1.165) is 12.8 Å². The fourth-order valence-corrected chi connectivity index (χ4v) is 3.34. The van der Waals surface area contributed by atoms with Gasteiger partial charge in [-0.15, -0.1) is 5.10 Å². The topological polar surface area (TPSA) is 100 Å². The lowest BCUT2D eigenvalue weighted by Gasteiger charge is -2.27. The summed E-state index contributed by atoms with van der Waals surface area (Å²) >= 11 is 1.44. The number of hydrogen-bond donors (Lipinski definition) is 3. The SMILES string of the molecule is CNC(C)(CC(C)Sc1n[nH]c(=O)n1C1CC1)C(=O)O. The molecule has 7 nitrogen and oxygen atoms in total. The van der Waals surface area contributed by atoms with Crippen LogP contribution in [0.4, 0.5) is 0 Å². The molecule has 2 rings (SSSR count). The maximum atomic E-state index is 11.7. The Kier molecular flexibility index (Phi) is 4.24. The van der Waals surface area contributed by atoms with Crippen LogP contribution < -0.4 is 11.0 Å². The lowest BCUT2D eigenvalue weighted by atomic mass is 9.97. The molecule has 3 N–H and O–H groups in total. The molecule has 20 heavy (non-hydrogen) atoms. The predicted octanol–water partition coefficient (Wildman–Crippen LogP) is 0.840. The summed E-state index contributed by atoms with van der Waals surface area (Å²) in [6.45, 7) is 3.60. The van der Waals surface area contributed by atoms with Gasteiger partial charge in [0.1, 0.15) is 5.54 Å². The second kappa shape index (κ2) is 5.61. The van der Waals surface area contributed by atoms with E-state index < -0.39 is 11.5 Å². The number of carbonyl (C=O) groups is 1. The van der Waals surface area contributed by atoms with E-state index in [4.69, 9.17) is 0 Å². The number of H-pyrrole nitrogens is 1. The highest BCUT2D eigenvalue weighted by Crippen LogP contribution is 2.37. The summed E-state index contributed by atoms with van der Waals surface area (Å²) < 4.78 is 1.68. The predicted molar refractivity (Wildman–Crippen MR) is 76.2 cm³/mol. The highest BCUT2D eigenvalue weighted by Gasteiger charge is 2.34. The molecular weight excluding hydrogens is 280 g/mol. The Labute approximate surface area is 121 Å². The maximum Gasteiger partial charge on any atom is 0.344 e. The molecule has 1 saturated carbocycles. The number of rotatable bonds is 7. The van der Waals surface area contributed by atoms with Gasteiger partial charge in [0, 0.05) is 11.3 Å². The molecular formula is C12H20N4O3S. The van der Waals surface area contributed by atoms with E-state index in [1.807, 2.05) is 6.92 Å². The third-order valence-electron chi connectivity index (χ3n) is 3.61. The molecule has 1 aromatic heterocycles. The minimum absolute atomic E-state index is 0.0243. The third-order valence-corrected chi connectivity index (χ3v) is 4.68. The molecule has 8 heteroatoms. The van der Waals surface area contributed by atoms with Crippen LogP contribution in [-0.2, 0) is 4.79 Å². The summed E-state index contributed by atoms with van der Waals surface area (Å²) in [4.78, 5) is 23.0. The van der Waals surface area contributed by atoms with Crippen molar-refractivity contribution in [1.82, 2.24) is 20.1 Å². The molecule has 2 atom stereocenters. The molecule has 1 aromatic rings. The van der Waals surface area contributed by atoms with Crippen molar-refractivity contribution in [2.75, 3.05) is 7.05 Å². The van der Waals surface area contributed by atoms with Crippen LogP contribution in [0.15, 0.2) is 9.95 Å². The van der Waals surface area contributed by atoms with Crippen molar-refractivity contribution in [3.8, 4) is 0 Å². The second-order valence-corrected chi connectivity index (χ2v) is 6.84. The number of aromatic nitrogens is 3. The van der Waals surface area contributed by atoms with Crippen LogP contribution in [0.3, 0.4) is 0 Å². The molecule has 0 saturated heterocycles. The minimum atomic E-state index is -0.979. The molecule has 0 amide bonds. The van der Waals surface area contributed by atoms with Gasteiger partial charge in [-0.2, -0.15) is 0 Å².